The lowest BCUT2D eigenvalue weighted by molar-refractivity contribution is 0.936. The number of para-hydroxylation sites is 3. The number of rotatable bonds is 3. The average molecular weight is 359 g/mol. The van der Waals surface area contributed by atoms with Gasteiger partial charge in [0.25, 0.3) is 0 Å². The summed E-state index contributed by atoms with van der Waals surface area (Å²) in [7, 11) is 2.03. The van der Waals surface area contributed by atoms with Crippen LogP contribution >= 0.6 is 11.8 Å². The predicted molar refractivity (Wildman–Crippen MR) is 106 cm³/mol. The summed E-state index contributed by atoms with van der Waals surface area (Å²) >= 11 is 1.71. The van der Waals surface area contributed by atoms with Gasteiger partial charge in [0, 0.05) is 23.9 Å². The van der Waals surface area contributed by atoms with E-state index in [9.17, 15) is 0 Å². The molecule has 0 fully saturated rings. The highest BCUT2D eigenvalue weighted by atomic mass is 32.2. The molecule has 0 aliphatic heterocycles. The molecule has 0 aliphatic rings. The minimum absolute atomic E-state index is 0.827. The molecule has 0 radical (unpaired) electrons. The van der Waals surface area contributed by atoms with Crippen LogP contribution in [0.5, 0.6) is 0 Å². The fraction of sp³-hybridized carbons (Fsp3) is 0.150. The Bertz CT molecular complexity index is 1270. The van der Waals surface area contributed by atoms with Gasteiger partial charge in [-0.25, -0.2) is 0 Å². The molecule has 5 rings (SSSR count). The van der Waals surface area contributed by atoms with Crippen LogP contribution in [0.3, 0.4) is 0 Å². The molecule has 0 bridgehead atoms. The number of imidazole rings is 1. The summed E-state index contributed by atoms with van der Waals surface area (Å²) in [5, 5.41) is 10.9. The van der Waals surface area contributed by atoms with Crippen LogP contribution in [-0.4, -0.2) is 24.1 Å². The van der Waals surface area contributed by atoms with Crippen molar-refractivity contribution in [3.63, 3.8) is 0 Å². The highest BCUT2D eigenvalue weighted by Crippen LogP contribution is 2.29. The first-order valence-electron chi connectivity index (χ1n) is 8.49. The van der Waals surface area contributed by atoms with E-state index in [1.807, 2.05) is 26.1 Å². The number of hydrogen-bond acceptors (Lipinski definition) is 4. The quantitative estimate of drug-likeness (QED) is 0.449. The minimum Gasteiger partial charge on any atom is -0.311 e. The molecule has 0 amide bonds. The van der Waals surface area contributed by atoms with Crippen molar-refractivity contribution in [2.75, 3.05) is 0 Å². The Hall–Kier alpha value is -2.86. The van der Waals surface area contributed by atoms with Gasteiger partial charge in [-0.3, -0.25) is 9.38 Å². The van der Waals surface area contributed by atoms with Gasteiger partial charge in [0.1, 0.15) is 0 Å². The van der Waals surface area contributed by atoms with Gasteiger partial charge in [-0.1, -0.05) is 42.1 Å². The lowest BCUT2D eigenvalue weighted by atomic mass is 10.1. The monoisotopic (exact) mass is 359 g/mol. The first-order chi connectivity index (χ1) is 12.7. The molecule has 0 spiro atoms. The van der Waals surface area contributed by atoms with Gasteiger partial charge in [0.15, 0.2) is 5.16 Å². The second-order valence-corrected chi connectivity index (χ2v) is 7.34. The molecule has 0 unspecified atom stereocenters. The summed E-state index contributed by atoms with van der Waals surface area (Å²) in [5.74, 6) is 1.69. The number of nitrogens with zero attached hydrogens (tertiary/aromatic N) is 5. The molecule has 6 heteroatoms. The summed E-state index contributed by atoms with van der Waals surface area (Å²) in [5.41, 5.74) is 5.64. The Morgan fingerprint density at radius 2 is 1.73 bits per heavy atom. The number of thioether (sulfide) groups is 1. The Kier molecular flexibility index (Phi) is 3.46. The lowest BCUT2D eigenvalue weighted by Gasteiger charge is -2.07. The number of aryl methyl sites for hydroxylation is 2. The largest absolute Gasteiger partial charge is 0.311 e. The lowest BCUT2D eigenvalue weighted by Crippen LogP contribution is -1.92. The number of pyridine rings is 1. The molecule has 3 aromatic heterocycles. The summed E-state index contributed by atoms with van der Waals surface area (Å²) in [6.07, 6.45) is 0. The molecule has 0 saturated heterocycles. The van der Waals surface area contributed by atoms with E-state index in [0.717, 1.165) is 38.9 Å². The number of fused-ring (bicyclic) bond motifs is 4. The molecule has 2 aromatic carbocycles. The first kappa shape index (κ1) is 15.4. The maximum Gasteiger partial charge on any atom is 0.236 e. The third-order valence-electron chi connectivity index (χ3n) is 4.69. The SMILES string of the molecule is Cc1cc(CSc2nnc3n(C)c4ccccc4n23)c2ccccc2n1. The van der Waals surface area contributed by atoms with Gasteiger partial charge in [0.05, 0.1) is 16.6 Å². The van der Waals surface area contributed by atoms with Crippen molar-refractivity contribution >= 4 is 39.5 Å². The Morgan fingerprint density at radius 3 is 2.62 bits per heavy atom. The van der Waals surface area contributed by atoms with Crippen LogP contribution in [0.4, 0.5) is 0 Å². The van der Waals surface area contributed by atoms with Crippen molar-refractivity contribution in [2.45, 2.75) is 17.8 Å². The van der Waals surface area contributed by atoms with E-state index in [1.54, 1.807) is 11.8 Å². The number of benzene rings is 2. The Balaban J connectivity index is 1.58. The zero-order valence-corrected chi connectivity index (χ0v) is 15.4. The number of hydrogen-bond donors (Lipinski definition) is 0. The maximum atomic E-state index is 4.63. The molecule has 0 atom stereocenters. The third-order valence-corrected chi connectivity index (χ3v) is 5.66. The van der Waals surface area contributed by atoms with Crippen LogP contribution in [0.1, 0.15) is 11.3 Å². The molecule has 5 nitrogen and oxygen atoms in total. The summed E-state index contributed by atoms with van der Waals surface area (Å²) < 4.78 is 4.22. The van der Waals surface area contributed by atoms with E-state index < -0.39 is 0 Å². The van der Waals surface area contributed by atoms with Crippen molar-refractivity contribution in [1.29, 1.82) is 0 Å². The maximum absolute atomic E-state index is 4.63. The normalized spacial score (nSPS) is 11.8. The average Bonchev–Trinajstić information content (AvgIpc) is 3.20. The van der Waals surface area contributed by atoms with Crippen LogP contribution < -0.4 is 0 Å². The third kappa shape index (κ3) is 2.29. The fourth-order valence-electron chi connectivity index (χ4n) is 3.48. The van der Waals surface area contributed by atoms with E-state index in [4.69, 9.17) is 0 Å². The van der Waals surface area contributed by atoms with Crippen LogP contribution in [0.2, 0.25) is 0 Å². The molecular formula is C20H17N5S. The van der Waals surface area contributed by atoms with E-state index >= 15 is 0 Å². The molecule has 3 heterocycles. The molecule has 5 aromatic rings. The number of aromatic nitrogens is 5. The second kappa shape index (κ2) is 5.85. The molecule has 128 valence electrons. The standard InChI is InChI=1S/C20H17N5S/c1-13-11-14(15-7-3-4-8-16(15)21-13)12-26-20-23-22-19-24(2)17-9-5-6-10-18(17)25(19)20/h3-11H,12H2,1-2H3. The predicted octanol–water partition coefficient (Wildman–Crippen LogP) is 4.37. The molecule has 0 saturated carbocycles. The van der Waals surface area contributed by atoms with Crippen molar-refractivity contribution < 1.29 is 0 Å². The Morgan fingerprint density at radius 1 is 0.962 bits per heavy atom. The van der Waals surface area contributed by atoms with E-state index in [1.165, 1.54) is 10.9 Å². The van der Waals surface area contributed by atoms with Crippen LogP contribution in [0.15, 0.2) is 59.8 Å². The second-order valence-electron chi connectivity index (χ2n) is 6.39. The van der Waals surface area contributed by atoms with E-state index in [2.05, 4.69) is 66.6 Å². The summed E-state index contributed by atoms with van der Waals surface area (Å²) in [4.78, 5) is 4.63. The van der Waals surface area contributed by atoms with E-state index in [0.29, 0.717) is 0 Å². The zero-order chi connectivity index (χ0) is 17.7. The zero-order valence-electron chi connectivity index (χ0n) is 14.5. The molecule has 0 aliphatic carbocycles. The molecular weight excluding hydrogens is 342 g/mol. The van der Waals surface area contributed by atoms with Gasteiger partial charge in [0.2, 0.25) is 5.78 Å². The fourth-order valence-corrected chi connectivity index (χ4v) is 4.42. The van der Waals surface area contributed by atoms with Gasteiger partial charge in [-0.2, -0.15) is 0 Å². The van der Waals surface area contributed by atoms with Crippen molar-refractivity contribution in [2.24, 2.45) is 7.05 Å². The Labute approximate surface area is 154 Å². The van der Waals surface area contributed by atoms with Crippen LogP contribution in [0.25, 0.3) is 27.7 Å². The topological polar surface area (TPSA) is 48.0 Å². The summed E-state index contributed by atoms with van der Waals surface area (Å²) in [6.45, 7) is 2.04. The summed E-state index contributed by atoms with van der Waals surface area (Å²) in [6, 6.07) is 18.8. The van der Waals surface area contributed by atoms with Crippen molar-refractivity contribution in [3.05, 3.63) is 65.9 Å². The van der Waals surface area contributed by atoms with Gasteiger partial charge < -0.3 is 4.57 Å². The van der Waals surface area contributed by atoms with Crippen molar-refractivity contribution in [1.82, 2.24) is 24.1 Å². The highest BCUT2D eigenvalue weighted by Gasteiger charge is 2.15. The highest BCUT2D eigenvalue weighted by molar-refractivity contribution is 7.98. The van der Waals surface area contributed by atoms with Crippen molar-refractivity contribution in [3.8, 4) is 0 Å². The van der Waals surface area contributed by atoms with Crippen LogP contribution in [0, 0.1) is 6.92 Å². The molecule has 0 N–H and O–H groups in total. The molecule has 26 heavy (non-hydrogen) atoms. The van der Waals surface area contributed by atoms with Gasteiger partial charge >= 0.3 is 0 Å². The van der Waals surface area contributed by atoms with Gasteiger partial charge in [-0.05, 0) is 36.8 Å². The first-order valence-corrected chi connectivity index (χ1v) is 9.47. The smallest absolute Gasteiger partial charge is 0.236 e. The van der Waals surface area contributed by atoms with E-state index in [-0.39, 0.29) is 0 Å². The van der Waals surface area contributed by atoms with Crippen LogP contribution in [-0.2, 0) is 12.8 Å². The minimum atomic E-state index is 0.827. The van der Waals surface area contributed by atoms with Gasteiger partial charge in [-0.15, -0.1) is 10.2 Å².